The quantitative estimate of drug-likeness (QED) is 0.415. The van der Waals surface area contributed by atoms with E-state index in [-0.39, 0.29) is 25.1 Å². The molecular weight excluding hydrogens is 358 g/mol. The number of imide groups is 2. The molecule has 0 radical (unpaired) electrons. The molecule has 9 heteroatoms. The molecule has 140 valence electrons. The van der Waals surface area contributed by atoms with E-state index in [1.165, 1.54) is 7.11 Å². The highest BCUT2D eigenvalue weighted by molar-refractivity contribution is 7.09. The number of carbonyl (C=O) groups excluding carboxylic acids is 4. The van der Waals surface area contributed by atoms with E-state index in [2.05, 4.69) is 0 Å². The molecule has 3 heterocycles. The number of piperidine rings is 1. The zero-order valence-electron chi connectivity index (χ0n) is 14.6. The number of methoxy groups -OCH3 is 1. The molecule has 1 aromatic rings. The Morgan fingerprint density at radius 2 is 1.88 bits per heavy atom. The second-order valence-corrected chi connectivity index (χ2v) is 7.39. The molecule has 0 atom stereocenters. The summed E-state index contributed by atoms with van der Waals surface area (Å²) >= 11 is 1.55. The Balaban J connectivity index is 1.55. The van der Waals surface area contributed by atoms with Gasteiger partial charge in [0.25, 0.3) is 0 Å². The molecule has 2 aliphatic rings. The van der Waals surface area contributed by atoms with Gasteiger partial charge in [-0.1, -0.05) is 6.07 Å². The second kappa shape index (κ2) is 7.96. The molecule has 4 amide bonds. The molecule has 0 saturated carbocycles. The maximum absolute atomic E-state index is 12.5. The first-order valence-corrected chi connectivity index (χ1v) is 9.39. The third kappa shape index (κ3) is 3.78. The predicted octanol–water partition coefficient (Wildman–Crippen LogP) is 0.924. The van der Waals surface area contributed by atoms with Crippen molar-refractivity contribution >= 4 is 35.2 Å². The number of amides is 4. The van der Waals surface area contributed by atoms with Crippen molar-refractivity contribution in [3.8, 4) is 0 Å². The summed E-state index contributed by atoms with van der Waals surface area (Å²) in [6.07, 6.45) is 1.76. The summed E-state index contributed by atoms with van der Waals surface area (Å²) < 4.78 is 4.75. The third-order valence-electron chi connectivity index (χ3n) is 4.76. The lowest BCUT2D eigenvalue weighted by Gasteiger charge is -2.32. The summed E-state index contributed by atoms with van der Waals surface area (Å²) in [5.74, 6) is -1.93. The molecule has 3 rings (SSSR count). The smallest absolute Gasteiger partial charge is 0.335 e. The van der Waals surface area contributed by atoms with Crippen molar-refractivity contribution in [2.75, 3.05) is 33.4 Å². The Bertz CT molecular complexity index is 697. The molecule has 0 unspecified atom stereocenters. The largest absolute Gasteiger partial charge is 0.469 e. The Hall–Kier alpha value is -2.26. The van der Waals surface area contributed by atoms with Crippen LogP contribution in [-0.4, -0.2) is 71.9 Å². The minimum atomic E-state index is -0.781. The summed E-state index contributed by atoms with van der Waals surface area (Å²) in [5.41, 5.74) is 0. The van der Waals surface area contributed by atoms with Crippen LogP contribution in [0.25, 0.3) is 0 Å². The van der Waals surface area contributed by atoms with Gasteiger partial charge in [0, 0.05) is 30.9 Å². The van der Waals surface area contributed by atoms with Crippen LogP contribution in [0.5, 0.6) is 0 Å². The van der Waals surface area contributed by atoms with Gasteiger partial charge in [-0.25, -0.2) is 9.69 Å². The van der Waals surface area contributed by atoms with Crippen LogP contribution in [0, 0.1) is 5.92 Å². The maximum atomic E-state index is 12.5. The van der Waals surface area contributed by atoms with Crippen molar-refractivity contribution in [3.63, 3.8) is 0 Å². The molecule has 2 fully saturated rings. The van der Waals surface area contributed by atoms with Gasteiger partial charge in [0.1, 0.15) is 0 Å². The van der Waals surface area contributed by atoms with Crippen molar-refractivity contribution in [3.05, 3.63) is 22.4 Å². The van der Waals surface area contributed by atoms with Gasteiger partial charge < -0.3 is 4.74 Å². The fourth-order valence-corrected chi connectivity index (χ4v) is 3.92. The first kappa shape index (κ1) is 18.5. The number of ether oxygens (including phenoxy) is 1. The molecule has 0 aromatic carbocycles. The van der Waals surface area contributed by atoms with E-state index in [0.717, 1.165) is 14.7 Å². The minimum Gasteiger partial charge on any atom is -0.469 e. The predicted molar refractivity (Wildman–Crippen MR) is 93.2 cm³/mol. The monoisotopic (exact) mass is 379 g/mol. The number of carbonyl (C=O) groups is 4. The fourth-order valence-electron chi connectivity index (χ4n) is 3.23. The lowest BCUT2D eigenvalue weighted by atomic mass is 9.97. The fraction of sp³-hybridized carbons (Fsp3) is 0.529. The number of nitrogens with zero attached hydrogens (tertiary/aromatic N) is 3. The number of hydrogen-bond donors (Lipinski definition) is 0. The number of hydrogen-bond acceptors (Lipinski definition) is 7. The summed E-state index contributed by atoms with van der Waals surface area (Å²) in [5, 5.41) is 1.93. The molecule has 26 heavy (non-hydrogen) atoms. The lowest BCUT2D eigenvalue weighted by molar-refractivity contribution is -0.147. The van der Waals surface area contributed by atoms with E-state index >= 15 is 0 Å². The number of urea groups is 1. The standard InChI is InChI=1S/C17H21N3O5S/c1-25-16(23)12-4-7-18(8-5-12)11-20-15(22)14(21)19(17(20)24)9-6-13-3-2-10-26-13/h2-3,10,12H,4-9,11H2,1H3. The van der Waals surface area contributed by atoms with Crippen molar-refractivity contribution in [2.45, 2.75) is 19.3 Å². The Morgan fingerprint density at radius 3 is 2.50 bits per heavy atom. The Kier molecular flexibility index (Phi) is 5.67. The molecule has 2 aliphatic heterocycles. The van der Waals surface area contributed by atoms with E-state index in [1.54, 1.807) is 11.3 Å². The normalized spacial score (nSPS) is 19.5. The summed E-state index contributed by atoms with van der Waals surface area (Å²) in [6, 6.07) is 3.27. The Labute approximate surface area is 155 Å². The van der Waals surface area contributed by atoms with Crippen LogP contribution in [0.4, 0.5) is 4.79 Å². The zero-order valence-corrected chi connectivity index (χ0v) is 15.4. The molecule has 0 N–H and O–H groups in total. The molecule has 1 aromatic heterocycles. The summed E-state index contributed by atoms with van der Waals surface area (Å²) in [7, 11) is 1.37. The van der Waals surface area contributed by atoms with Crippen molar-refractivity contribution in [1.82, 2.24) is 14.7 Å². The summed E-state index contributed by atoms with van der Waals surface area (Å²) in [4.78, 5) is 53.4. The van der Waals surface area contributed by atoms with Crippen molar-refractivity contribution in [2.24, 2.45) is 5.92 Å². The number of esters is 1. The number of rotatable bonds is 6. The van der Waals surface area contributed by atoms with Crippen molar-refractivity contribution < 1.29 is 23.9 Å². The van der Waals surface area contributed by atoms with Gasteiger partial charge in [0.15, 0.2) is 0 Å². The van der Waals surface area contributed by atoms with E-state index in [1.807, 2.05) is 22.4 Å². The van der Waals surface area contributed by atoms with Crippen LogP contribution in [-0.2, 0) is 25.5 Å². The lowest BCUT2D eigenvalue weighted by Crippen LogP contribution is -2.46. The van der Waals surface area contributed by atoms with Gasteiger partial charge >= 0.3 is 23.8 Å². The van der Waals surface area contributed by atoms with Crippen molar-refractivity contribution in [1.29, 1.82) is 0 Å². The average Bonchev–Trinajstić information content (AvgIpc) is 3.24. The zero-order chi connectivity index (χ0) is 18.7. The Morgan fingerprint density at radius 1 is 1.19 bits per heavy atom. The third-order valence-corrected chi connectivity index (χ3v) is 5.70. The molecular formula is C17H21N3O5S. The highest BCUT2D eigenvalue weighted by atomic mass is 32.1. The maximum Gasteiger partial charge on any atom is 0.335 e. The van der Waals surface area contributed by atoms with E-state index in [0.29, 0.717) is 32.4 Å². The van der Waals surface area contributed by atoms with Gasteiger partial charge in [0.05, 0.1) is 19.7 Å². The van der Waals surface area contributed by atoms with Gasteiger partial charge in [0.2, 0.25) is 0 Å². The first-order chi connectivity index (χ1) is 12.5. The van der Waals surface area contributed by atoms with Gasteiger partial charge in [-0.15, -0.1) is 11.3 Å². The second-order valence-electron chi connectivity index (χ2n) is 6.36. The molecule has 0 spiro atoms. The van der Waals surface area contributed by atoms with Crippen LogP contribution in [0.2, 0.25) is 0 Å². The van der Waals surface area contributed by atoms with Crippen LogP contribution in [0.3, 0.4) is 0 Å². The van der Waals surface area contributed by atoms with Gasteiger partial charge in [-0.05, 0) is 24.3 Å². The van der Waals surface area contributed by atoms with Crippen LogP contribution in [0.1, 0.15) is 17.7 Å². The molecule has 0 aliphatic carbocycles. The highest BCUT2D eigenvalue weighted by Gasteiger charge is 2.45. The van der Waals surface area contributed by atoms with Crippen LogP contribution in [0.15, 0.2) is 17.5 Å². The van der Waals surface area contributed by atoms with Gasteiger partial charge in [-0.3, -0.25) is 24.2 Å². The molecule has 2 saturated heterocycles. The van der Waals surface area contributed by atoms with Crippen LogP contribution >= 0.6 is 11.3 Å². The molecule has 8 nitrogen and oxygen atoms in total. The minimum absolute atomic E-state index is 0.0762. The number of thiophene rings is 1. The van der Waals surface area contributed by atoms with Gasteiger partial charge in [-0.2, -0.15) is 0 Å². The first-order valence-electron chi connectivity index (χ1n) is 8.51. The molecule has 0 bridgehead atoms. The topological polar surface area (TPSA) is 87.2 Å². The number of likely N-dealkylation sites (tertiary alicyclic amines) is 1. The SMILES string of the molecule is COC(=O)C1CCN(CN2C(=O)C(=O)N(CCc3cccs3)C2=O)CC1. The van der Waals surface area contributed by atoms with E-state index in [9.17, 15) is 19.2 Å². The van der Waals surface area contributed by atoms with E-state index in [4.69, 9.17) is 4.74 Å². The van der Waals surface area contributed by atoms with Crippen LogP contribution < -0.4 is 0 Å². The average molecular weight is 379 g/mol. The highest BCUT2D eigenvalue weighted by Crippen LogP contribution is 2.21. The summed E-state index contributed by atoms with van der Waals surface area (Å²) in [6.45, 7) is 1.41. The van der Waals surface area contributed by atoms with E-state index < -0.39 is 17.8 Å².